The Morgan fingerprint density at radius 2 is 2.12 bits per heavy atom. The molecular weight excluding hydrogens is 313 g/mol. The Morgan fingerprint density at radius 1 is 1.33 bits per heavy atom. The van der Waals surface area contributed by atoms with Gasteiger partial charge in [0.25, 0.3) is 0 Å². The van der Waals surface area contributed by atoms with E-state index >= 15 is 0 Å². The third-order valence-corrected chi connectivity index (χ3v) is 4.27. The third kappa shape index (κ3) is 3.63. The van der Waals surface area contributed by atoms with E-state index in [1.807, 2.05) is 4.90 Å². The van der Waals surface area contributed by atoms with Gasteiger partial charge in [0.15, 0.2) is 5.43 Å². The fraction of sp³-hybridized carbons (Fsp3) is 0.412. The van der Waals surface area contributed by atoms with E-state index in [9.17, 15) is 19.1 Å². The zero-order valence-electron chi connectivity index (χ0n) is 13.5. The normalized spacial score (nSPS) is 19.5. The minimum Gasteiger partial charge on any atom is -0.390 e. The first-order chi connectivity index (χ1) is 11.4. The average Bonchev–Trinajstić information content (AvgIpc) is 2.69. The molecule has 2 aromatic rings. The number of amides is 1. The van der Waals surface area contributed by atoms with Gasteiger partial charge in [-0.25, -0.2) is 4.39 Å². The highest BCUT2D eigenvalue weighted by Crippen LogP contribution is 2.13. The van der Waals surface area contributed by atoms with Crippen molar-refractivity contribution in [1.82, 2.24) is 14.8 Å². The molecule has 1 aromatic heterocycles. The lowest BCUT2D eigenvalue weighted by Gasteiger charge is -2.21. The monoisotopic (exact) mass is 333 g/mol. The molecule has 0 bridgehead atoms. The van der Waals surface area contributed by atoms with E-state index in [1.54, 1.807) is 11.0 Å². The van der Waals surface area contributed by atoms with Crippen LogP contribution in [0.4, 0.5) is 4.39 Å². The zero-order chi connectivity index (χ0) is 17.3. The number of nitrogens with zero attached hydrogens (tertiary/aromatic N) is 2. The molecule has 1 amide bonds. The molecule has 1 aliphatic rings. The van der Waals surface area contributed by atoms with Crippen LogP contribution in [0.3, 0.4) is 0 Å². The number of pyridine rings is 1. The Kier molecular flexibility index (Phi) is 4.64. The molecule has 0 aliphatic carbocycles. The molecule has 7 heteroatoms. The number of aliphatic hydroxyl groups excluding tert-OH is 1. The van der Waals surface area contributed by atoms with Crippen LogP contribution >= 0.6 is 0 Å². The number of aromatic amines is 1. The van der Waals surface area contributed by atoms with Crippen molar-refractivity contribution in [2.45, 2.75) is 19.6 Å². The van der Waals surface area contributed by atoms with Gasteiger partial charge in [-0.15, -0.1) is 0 Å². The molecule has 24 heavy (non-hydrogen) atoms. The second kappa shape index (κ2) is 6.70. The lowest BCUT2D eigenvalue weighted by atomic mass is 10.2. The van der Waals surface area contributed by atoms with Gasteiger partial charge >= 0.3 is 0 Å². The number of hydrogen-bond donors (Lipinski definition) is 2. The summed E-state index contributed by atoms with van der Waals surface area (Å²) in [6.45, 7) is 3.83. The lowest BCUT2D eigenvalue weighted by Crippen LogP contribution is -2.36. The van der Waals surface area contributed by atoms with E-state index in [2.05, 4.69) is 4.98 Å². The Morgan fingerprint density at radius 3 is 2.88 bits per heavy atom. The molecule has 0 unspecified atom stereocenters. The van der Waals surface area contributed by atoms with Crippen LogP contribution in [0.1, 0.15) is 12.6 Å². The van der Waals surface area contributed by atoms with Crippen LogP contribution in [0, 0.1) is 5.82 Å². The van der Waals surface area contributed by atoms with Crippen molar-refractivity contribution in [3.05, 3.63) is 46.0 Å². The Hall–Kier alpha value is -2.25. The van der Waals surface area contributed by atoms with Crippen molar-refractivity contribution in [2.75, 3.05) is 26.2 Å². The third-order valence-electron chi connectivity index (χ3n) is 4.27. The first-order valence-electron chi connectivity index (χ1n) is 7.90. The largest absolute Gasteiger partial charge is 0.390 e. The summed E-state index contributed by atoms with van der Waals surface area (Å²) in [7, 11) is 0. The Bertz CT molecular complexity index is 820. The molecule has 1 aromatic carbocycles. The second-order valence-corrected chi connectivity index (χ2v) is 6.20. The highest BCUT2D eigenvalue weighted by molar-refractivity contribution is 5.78. The summed E-state index contributed by atoms with van der Waals surface area (Å²) < 4.78 is 13.3. The maximum Gasteiger partial charge on any atom is 0.219 e. The number of aromatic nitrogens is 1. The van der Waals surface area contributed by atoms with E-state index in [0.717, 1.165) is 0 Å². The van der Waals surface area contributed by atoms with E-state index in [4.69, 9.17) is 0 Å². The van der Waals surface area contributed by atoms with E-state index in [-0.39, 0.29) is 11.3 Å². The van der Waals surface area contributed by atoms with E-state index in [1.165, 1.54) is 25.1 Å². The molecule has 0 saturated carbocycles. The van der Waals surface area contributed by atoms with Crippen LogP contribution in [0.25, 0.3) is 10.9 Å². The fourth-order valence-corrected chi connectivity index (χ4v) is 3.08. The van der Waals surface area contributed by atoms with Crippen molar-refractivity contribution in [3.63, 3.8) is 0 Å². The standard InChI is InChI=1S/C17H20FN3O3/c1-11(22)21-5-4-20(9-14(23)10-21)8-13-7-17(24)15-6-12(18)2-3-16(15)19-13/h2-3,6-7,14,23H,4-5,8-10H2,1H3,(H,19,24)/t14-/m1/s1. The molecule has 2 N–H and O–H groups in total. The number of carbonyl (C=O) groups excluding carboxylic acids is 1. The van der Waals surface area contributed by atoms with Crippen molar-refractivity contribution >= 4 is 16.8 Å². The molecular formula is C17H20FN3O3. The average molecular weight is 333 g/mol. The van der Waals surface area contributed by atoms with Gasteiger partial charge in [0.2, 0.25) is 5.91 Å². The number of β-amino-alcohol motifs (C(OH)–C–C–N with tert-alkyl or cyclic N) is 1. The summed E-state index contributed by atoms with van der Waals surface area (Å²) in [4.78, 5) is 30.4. The number of rotatable bonds is 2. The van der Waals surface area contributed by atoms with E-state index in [0.29, 0.717) is 49.3 Å². The van der Waals surface area contributed by atoms with Gasteiger partial charge in [0, 0.05) is 62.3 Å². The van der Waals surface area contributed by atoms with Gasteiger partial charge in [0.05, 0.1) is 6.10 Å². The number of carbonyl (C=O) groups is 1. The Labute approximate surface area is 138 Å². The molecule has 1 aliphatic heterocycles. The summed E-state index contributed by atoms with van der Waals surface area (Å²) in [5, 5.41) is 10.4. The summed E-state index contributed by atoms with van der Waals surface area (Å²) in [6, 6.07) is 5.53. The molecule has 6 nitrogen and oxygen atoms in total. The van der Waals surface area contributed by atoms with Gasteiger partial charge in [0.1, 0.15) is 5.82 Å². The van der Waals surface area contributed by atoms with Crippen molar-refractivity contribution in [3.8, 4) is 0 Å². The van der Waals surface area contributed by atoms with Gasteiger partial charge in [-0.2, -0.15) is 0 Å². The summed E-state index contributed by atoms with van der Waals surface area (Å²) in [5.74, 6) is -0.502. The highest BCUT2D eigenvalue weighted by Gasteiger charge is 2.22. The Balaban J connectivity index is 1.80. The predicted octanol–water partition coefficient (Wildman–Crippen LogP) is 0.692. The van der Waals surface area contributed by atoms with Crippen molar-refractivity contribution in [2.24, 2.45) is 0 Å². The molecule has 1 fully saturated rings. The molecule has 0 spiro atoms. The number of halogens is 1. The fourth-order valence-electron chi connectivity index (χ4n) is 3.08. The maximum atomic E-state index is 13.3. The van der Waals surface area contributed by atoms with Crippen LogP contribution in [-0.2, 0) is 11.3 Å². The van der Waals surface area contributed by atoms with Crippen LogP contribution in [-0.4, -0.2) is 58.1 Å². The summed E-state index contributed by atoms with van der Waals surface area (Å²) in [6.07, 6.45) is -0.627. The maximum absolute atomic E-state index is 13.3. The van der Waals surface area contributed by atoms with Crippen LogP contribution < -0.4 is 5.43 Å². The van der Waals surface area contributed by atoms with Gasteiger partial charge in [-0.1, -0.05) is 0 Å². The molecule has 1 saturated heterocycles. The zero-order valence-corrected chi connectivity index (χ0v) is 13.5. The van der Waals surface area contributed by atoms with Gasteiger partial charge in [-0.3, -0.25) is 14.5 Å². The number of fused-ring (bicyclic) bond motifs is 1. The summed E-state index contributed by atoms with van der Waals surface area (Å²) in [5.41, 5.74) is 1.04. The number of nitrogens with one attached hydrogen (secondary N) is 1. The van der Waals surface area contributed by atoms with Gasteiger partial charge in [-0.05, 0) is 18.2 Å². The molecule has 3 rings (SSSR count). The molecule has 128 valence electrons. The second-order valence-electron chi connectivity index (χ2n) is 6.20. The first kappa shape index (κ1) is 16.6. The quantitative estimate of drug-likeness (QED) is 0.848. The first-order valence-corrected chi connectivity index (χ1v) is 7.90. The van der Waals surface area contributed by atoms with Crippen molar-refractivity contribution < 1.29 is 14.3 Å². The lowest BCUT2D eigenvalue weighted by molar-refractivity contribution is -0.129. The highest BCUT2D eigenvalue weighted by atomic mass is 19.1. The topological polar surface area (TPSA) is 76.6 Å². The molecule has 1 atom stereocenters. The number of aliphatic hydroxyl groups is 1. The minimum atomic E-state index is -0.627. The summed E-state index contributed by atoms with van der Waals surface area (Å²) >= 11 is 0. The van der Waals surface area contributed by atoms with Crippen LogP contribution in [0.15, 0.2) is 29.1 Å². The van der Waals surface area contributed by atoms with Crippen molar-refractivity contribution in [1.29, 1.82) is 0 Å². The molecule has 0 radical (unpaired) electrons. The van der Waals surface area contributed by atoms with Gasteiger partial charge < -0.3 is 15.0 Å². The molecule has 2 heterocycles. The van der Waals surface area contributed by atoms with Crippen LogP contribution in [0.2, 0.25) is 0 Å². The smallest absolute Gasteiger partial charge is 0.219 e. The van der Waals surface area contributed by atoms with Crippen LogP contribution in [0.5, 0.6) is 0 Å². The number of hydrogen-bond acceptors (Lipinski definition) is 4. The van der Waals surface area contributed by atoms with E-state index < -0.39 is 11.9 Å². The minimum absolute atomic E-state index is 0.0583. The predicted molar refractivity (Wildman–Crippen MR) is 88.1 cm³/mol. The SMILES string of the molecule is CC(=O)N1CCN(Cc2cc(=O)c3cc(F)ccc3[nH]2)C[C@@H](O)C1. The number of benzene rings is 1. The number of H-pyrrole nitrogens is 1.